The van der Waals surface area contributed by atoms with Crippen molar-refractivity contribution in [1.82, 2.24) is 5.32 Å². The summed E-state index contributed by atoms with van der Waals surface area (Å²) in [6, 6.07) is 0.0518. The summed E-state index contributed by atoms with van der Waals surface area (Å²) in [5, 5.41) is 11.1. The zero-order chi connectivity index (χ0) is 12.0. The van der Waals surface area contributed by atoms with Gasteiger partial charge in [-0.25, -0.2) is 0 Å². The molecule has 0 aromatic carbocycles. The summed E-state index contributed by atoms with van der Waals surface area (Å²) in [4.78, 5) is 22.2. The maximum atomic E-state index is 11.4. The van der Waals surface area contributed by atoms with Gasteiger partial charge in [0.1, 0.15) is 5.25 Å². The summed E-state index contributed by atoms with van der Waals surface area (Å²) in [7, 11) is 0. The fourth-order valence-corrected chi connectivity index (χ4v) is 2.09. The Morgan fingerprint density at radius 2 is 1.80 bits per heavy atom. The van der Waals surface area contributed by atoms with Crippen molar-refractivity contribution in [3.05, 3.63) is 0 Å². The van der Waals surface area contributed by atoms with Crippen LogP contribution in [0, 0.1) is 0 Å². The highest BCUT2D eigenvalue weighted by molar-refractivity contribution is 8.01. The molecule has 0 aliphatic rings. The van der Waals surface area contributed by atoms with Crippen LogP contribution in [0.5, 0.6) is 0 Å². The van der Waals surface area contributed by atoms with Gasteiger partial charge in [0, 0.05) is 12.5 Å². The largest absolute Gasteiger partial charge is 0.480 e. The standard InChI is InChI=1S/C10H19NO3S/c1-6(2)11-9(12)5-8(10(13)14)15-7(3)4/h6-8H,5H2,1-4H3,(H,11,12)(H,13,14). The Bertz CT molecular complexity index is 229. The predicted molar refractivity (Wildman–Crippen MR) is 62.0 cm³/mol. The number of nitrogens with one attached hydrogen (secondary N) is 1. The van der Waals surface area contributed by atoms with Crippen LogP contribution in [0.2, 0.25) is 0 Å². The predicted octanol–water partition coefficient (Wildman–Crippen LogP) is 1.50. The Kier molecular flexibility index (Phi) is 6.40. The molecular formula is C10H19NO3S. The molecule has 0 heterocycles. The zero-order valence-corrected chi connectivity index (χ0v) is 10.4. The molecule has 0 spiro atoms. The number of carboxylic acid groups (broad SMARTS) is 1. The van der Waals surface area contributed by atoms with Crippen LogP contribution in [0.1, 0.15) is 34.1 Å². The van der Waals surface area contributed by atoms with E-state index in [0.29, 0.717) is 0 Å². The molecule has 1 amide bonds. The van der Waals surface area contributed by atoms with Gasteiger partial charge in [-0.2, -0.15) is 0 Å². The molecule has 15 heavy (non-hydrogen) atoms. The van der Waals surface area contributed by atoms with Crippen molar-refractivity contribution in [3.8, 4) is 0 Å². The molecule has 1 unspecified atom stereocenters. The van der Waals surface area contributed by atoms with Crippen LogP contribution >= 0.6 is 11.8 Å². The van der Waals surface area contributed by atoms with Crippen LogP contribution in [0.25, 0.3) is 0 Å². The number of carbonyl (C=O) groups is 2. The molecule has 0 radical (unpaired) electrons. The number of hydrogen-bond donors (Lipinski definition) is 2. The molecule has 0 saturated heterocycles. The Morgan fingerprint density at radius 3 is 2.13 bits per heavy atom. The van der Waals surface area contributed by atoms with Gasteiger partial charge in [-0.05, 0) is 19.1 Å². The summed E-state index contributed by atoms with van der Waals surface area (Å²) >= 11 is 1.30. The van der Waals surface area contributed by atoms with E-state index < -0.39 is 11.2 Å². The number of aliphatic carboxylic acids is 1. The quantitative estimate of drug-likeness (QED) is 0.729. The topological polar surface area (TPSA) is 66.4 Å². The smallest absolute Gasteiger partial charge is 0.317 e. The van der Waals surface area contributed by atoms with Gasteiger partial charge < -0.3 is 10.4 Å². The summed E-state index contributed by atoms with van der Waals surface area (Å²) in [6.45, 7) is 7.54. The third kappa shape index (κ3) is 7.25. The molecule has 0 bridgehead atoms. The monoisotopic (exact) mass is 233 g/mol. The second-order valence-corrected chi connectivity index (χ2v) is 5.72. The maximum Gasteiger partial charge on any atom is 0.317 e. The van der Waals surface area contributed by atoms with Crippen molar-refractivity contribution < 1.29 is 14.7 Å². The molecule has 0 aromatic rings. The van der Waals surface area contributed by atoms with Gasteiger partial charge in [0.2, 0.25) is 5.91 Å². The third-order valence-corrected chi connectivity index (χ3v) is 2.77. The molecule has 4 nitrogen and oxygen atoms in total. The van der Waals surface area contributed by atoms with Crippen LogP contribution in [0.15, 0.2) is 0 Å². The molecule has 5 heteroatoms. The van der Waals surface area contributed by atoms with E-state index in [9.17, 15) is 9.59 Å². The second kappa shape index (κ2) is 6.71. The van der Waals surface area contributed by atoms with E-state index in [1.54, 1.807) is 0 Å². The van der Waals surface area contributed by atoms with Gasteiger partial charge in [0.25, 0.3) is 0 Å². The van der Waals surface area contributed by atoms with Gasteiger partial charge in [-0.15, -0.1) is 11.8 Å². The highest BCUT2D eigenvalue weighted by atomic mass is 32.2. The SMILES string of the molecule is CC(C)NC(=O)CC(SC(C)C)C(=O)O. The lowest BCUT2D eigenvalue weighted by atomic mass is 10.2. The van der Waals surface area contributed by atoms with Crippen molar-refractivity contribution in [2.45, 2.75) is 50.7 Å². The van der Waals surface area contributed by atoms with Crippen molar-refractivity contribution in [3.63, 3.8) is 0 Å². The van der Waals surface area contributed by atoms with Crippen LogP contribution in [0.3, 0.4) is 0 Å². The second-order valence-electron chi connectivity index (χ2n) is 3.94. The Hall–Kier alpha value is -0.710. The first-order chi connectivity index (χ1) is 6.82. The zero-order valence-electron chi connectivity index (χ0n) is 9.61. The fraction of sp³-hybridized carbons (Fsp3) is 0.800. The Labute approximate surface area is 94.8 Å². The van der Waals surface area contributed by atoms with E-state index in [0.717, 1.165) is 0 Å². The van der Waals surface area contributed by atoms with E-state index in [-0.39, 0.29) is 23.6 Å². The highest BCUT2D eigenvalue weighted by Gasteiger charge is 2.22. The minimum atomic E-state index is -0.924. The summed E-state index contributed by atoms with van der Waals surface area (Å²) in [6.07, 6.45) is 0.0381. The lowest BCUT2D eigenvalue weighted by Gasteiger charge is -2.15. The Morgan fingerprint density at radius 1 is 1.27 bits per heavy atom. The van der Waals surface area contributed by atoms with E-state index in [4.69, 9.17) is 5.11 Å². The van der Waals surface area contributed by atoms with E-state index in [1.807, 2.05) is 27.7 Å². The molecule has 0 aliphatic heterocycles. The minimum Gasteiger partial charge on any atom is -0.480 e. The molecule has 1 atom stereocenters. The van der Waals surface area contributed by atoms with Gasteiger partial charge in [0.05, 0.1) is 0 Å². The molecule has 88 valence electrons. The number of carboxylic acids is 1. The molecular weight excluding hydrogens is 214 g/mol. The molecule has 0 aromatic heterocycles. The number of rotatable bonds is 6. The van der Waals surface area contributed by atoms with Crippen LogP contribution in [-0.4, -0.2) is 33.5 Å². The van der Waals surface area contributed by atoms with Gasteiger partial charge in [-0.3, -0.25) is 9.59 Å². The number of thioether (sulfide) groups is 1. The van der Waals surface area contributed by atoms with Gasteiger partial charge >= 0.3 is 5.97 Å². The first kappa shape index (κ1) is 14.3. The maximum absolute atomic E-state index is 11.4. The van der Waals surface area contributed by atoms with Crippen molar-refractivity contribution in [2.75, 3.05) is 0 Å². The van der Waals surface area contributed by atoms with E-state index in [1.165, 1.54) is 11.8 Å². The molecule has 0 aliphatic carbocycles. The highest BCUT2D eigenvalue weighted by Crippen LogP contribution is 2.20. The molecule has 0 saturated carbocycles. The first-order valence-electron chi connectivity index (χ1n) is 5.00. The van der Waals surface area contributed by atoms with Gasteiger partial charge in [-0.1, -0.05) is 13.8 Å². The van der Waals surface area contributed by atoms with Crippen molar-refractivity contribution >= 4 is 23.6 Å². The normalized spacial score (nSPS) is 12.9. The number of carbonyl (C=O) groups excluding carboxylic acids is 1. The fourth-order valence-electron chi connectivity index (χ4n) is 1.07. The van der Waals surface area contributed by atoms with Crippen molar-refractivity contribution in [2.24, 2.45) is 0 Å². The average molecular weight is 233 g/mol. The van der Waals surface area contributed by atoms with Gasteiger partial charge in [0.15, 0.2) is 0 Å². The van der Waals surface area contributed by atoms with Crippen LogP contribution in [0.4, 0.5) is 0 Å². The summed E-state index contributed by atoms with van der Waals surface area (Å²) in [5.74, 6) is -1.13. The lowest BCUT2D eigenvalue weighted by Crippen LogP contribution is -2.34. The van der Waals surface area contributed by atoms with Crippen LogP contribution in [-0.2, 0) is 9.59 Å². The lowest BCUT2D eigenvalue weighted by molar-refractivity contribution is -0.138. The average Bonchev–Trinajstić information content (AvgIpc) is 1.99. The Balaban J connectivity index is 4.16. The molecule has 0 fully saturated rings. The summed E-state index contributed by atoms with van der Waals surface area (Å²) in [5.41, 5.74) is 0. The number of hydrogen-bond acceptors (Lipinski definition) is 3. The third-order valence-electron chi connectivity index (χ3n) is 1.53. The molecule has 2 N–H and O–H groups in total. The number of amides is 1. The van der Waals surface area contributed by atoms with E-state index >= 15 is 0 Å². The minimum absolute atomic E-state index is 0.0381. The van der Waals surface area contributed by atoms with Crippen LogP contribution < -0.4 is 5.32 Å². The first-order valence-corrected chi connectivity index (χ1v) is 5.94. The van der Waals surface area contributed by atoms with Crippen molar-refractivity contribution in [1.29, 1.82) is 0 Å². The molecule has 0 rings (SSSR count). The van der Waals surface area contributed by atoms with E-state index in [2.05, 4.69) is 5.32 Å². The summed E-state index contributed by atoms with van der Waals surface area (Å²) < 4.78 is 0.